The first-order valence-corrected chi connectivity index (χ1v) is 12.3. The SMILES string of the molecule is CC(N)c1ccc(C(=O)Nc2ccncc2F)cc1-c1cccc(OCCSC2CCOC2=O)c1. The van der Waals surface area contributed by atoms with E-state index in [1.54, 1.807) is 12.1 Å². The van der Waals surface area contributed by atoms with Crippen LogP contribution >= 0.6 is 11.8 Å². The van der Waals surface area contributed by atoms with Gasteiger partial charge in [0, 0.05) is 30.0 Å². The third-order valence-electron chi connectivity index (χ3n) is 5.53. The Morgan fingerprint density at radius 3 is 2.91 bits per heavy atom. The molecule has 0 bridgehead atoms. The lowest BCUT2D eigenvalue weighted by Gasteiger charge is -2.16. The molecular formula is C26H26FN3O4S. The van der Waals surface area contributed by atoms with Gasteiger partial charge >= 0.3 is 5.97 Å². The average molecular weight is 496 g/mol. The fraction of sp³-hybridized carbons (Fsp3) is 0.269. The van der Waals surface area contributed by atoms with Gasteiger partial charge in [0.05, 0.1) is 25.1 Å². The number of cyclic esters (lactones) is 1. The molecule has 4 rings (SSSR count). The number of hydrogen-bond donors (Lipinski definition) is 2. The van der Waals surface area contributed by atoms with Gasteiger partial charge in [-0.25, -0.2) is 4.39 Å². The number of hydrogen-bond acceptors (Lipinski definition) is 7. The van der Waals surface area contributed by atoms with Gasteiger partial charge in [-0.15, -0.1) is 11.8 Å². The number of amides is 1. The monoisotopic (exact) mass is 495 g/mol. The summed E-state index contributed by atoms with van der Waals surface area (Å²) in [7, 11) is 0. The van der Waals surface area contributed by atoms with Crippen molar-refractivity contribution in [2.45, 2.75) is 24.6 Å². The van der Waals surface area contributed by atoms with Crippen LogP contribution in [0.15, 0.2) is 60.9 Å². The summed E-state index contributed by atoms with van der Waals surface area (Å²) in [4.78, 5) is 28.1. The van der Waals surface area contributed by atoms with Crippen LogP contribution in [-0.2, 0) is 9.53 Å². The van der Waals surface area contributed by atoms with E-state index < -0.39 is 11.7 Å². The number of carbonyl (C=O) groups excluding carboxylic acids is 2. The van der Waals surface area contributed by atoms with Crippen LogP contribution in [0.4, 0.5) is 10.1 Å². The molecule has 9 heteroatoms. The largest absolute Gasteiger partial charge is 0.493 e. The van der Waals surface area contributed by atoms with Crippen molar-refractivity contribution in [3.8, 4) is 16.9 Å². The van der Waals surface area contributed by atoms with Crippen LogP contribution in [0.2, 0.25) is 0 Å². The lowest BCUT2D eigenvalue weighted by Crippen LogP contribution is -2.14. The topological polar surface area (TPSA) is 104 Å². The zero-order valence-corrected chi connectivity index (χ0v) is 20.0. The van der Waals surface area contributed by atoms with Crippen molar-refractivity contribution >= 4 is 29.3 Å². The highest BCUT2D eigenvalue weighted by Gasteiger charge is 2.26. The number of halogens is 1. The Hall–Kier alpha value is -3.43. The van der Waals surface area contributed by atoms with Crippen molar-refractivity contribution in [1.29, 1.82) is 0 Å². The zero-order chi connectivity index (χ0) is 24.8. The van der Waals surface area contributed by atoms with E-state index in [0.717, 1.165) is 29.3 Å². The zero-order valence-electron chi connectivity index (χ0n) is 19.2. The molecule has 3 N–H and O–H groups in total. The van der Waals surface area contributed by atoms with Crippen LogP contribution < -0.4 is 15.8 Å². The summed E-state index contributed by atoms with van der Waals surface area (Å²) in [6, 6.07) is 13.9. The van der Waals surface area contributed by atoms with E-state index >= 15 is 0 Å². The number of thioether (sulfide) groups is 1. The number of rotatable bonds is 9. The van der Waals surface area contributed by atoms with Gasteiger partial charge in [0.1, 0.15) is 11.0 Å². The number of ether oxygens (including phenoxy) is 2. The molecule has 2 heterocycles. The van der Waals surface area contributed by atoms with E-state index in [1.807, 2.05) is 37.3 Å². The van der Waals surface area contributed by atoms with Crippen molar-refractivity contribution in [2.24, 2.45) is 5.73 Å². The Balaban J connectivity index is 1.50. The minimum atomic E-state index is -0.610. The maximum atomic E-state index is 13.9. The first-order valence-electron chi connectivity index (χ1n) is 11.2. The third kappa shape index (κ3) is 6.17. The van der Waals surface area contributed by atoms with Gasteiger partial charge in [-0.3, -0.25) is 14.6 Å². The standard InChI is InChI=1S/C26H26FN3O4S/c1-16(28)20-6-5-18(25(31)30-23-7-9-29-15-22(23)27)14-21(20)17-3-2-4-19(13-17)33-11-12-35-24-8-10-34-26(24)32/h2-7,9,13-16,24H,8,10-12,28H2,1H3,(H,29,30,31). The van der Waals surface area contributed by atoms with Gasteiger partial charge < -0.3 is 20.5 Å². The van der Waals surface area contributed by atoms with Crippen molar-refractivity contribution in [2.75, 3.05) is 24.3 Å². The predicted molar refractivity (Wildman–Crippen MR) is 134 cm³/mol. The number of nitrogens with zero attached hydrogens (tertiary/aromatic N) is 1. The Labute approximate surface area is 207 Å². The fourth-order valence-corrected chi connectivity index (χ4v) is 4.68. The summed E-state index contributed by atoms with van der Waals surface area (Å²) in [6.07, 6.45) is 3.19. The molecule has 1 aromatic heterocycles. The normalized spacial score (nSPS) is 16.0. The van der Waals surface area contributed by atoms with E-state index in [0.29, 0.717) is 30.3 Å². The molecule has 2 atom stereocenters. The van der Waals surface area contributed by atoms with Gasteiger partial charge in [0.25, 0.3) is 5.91 Å². The van der Waals surface area contributed by atoms with Gasteiger partial charge in [-0.1, -0.05) is 18.2 Å². The molecule has 0 aliphatic carbocycles. The fourth-order valence-electron chi connectivity index (χ4n) is 3.75. The molecule has 3 aromatic rings. The molecule has 182 valence electrons. The van der Waals surface area contributed by atoms with Crippen molar-refractivity contribution in [3.05, 3.63) is 77.9 Å². The van der Waals surface area contributed by atoms with E-state index in [1.165, 1.54) is 24.0 Å². The molecule has 1 aliphatic heterocycles. The minimum Gasteiger partial charge on any atom is -0.493 e. The predicted octanol–water partition coefficient (Wildman–Crippen LogP) is 4.59. The Morgan fingerprint density at radius 1 is 1.31 bits per heavy atom. The second-order valence-corrected chi connectivity index (χ2v) is 9.40. The van der Waals surface area contributed by atoms with Crippen LogP contribution in [0.3, 0.4) is 0 Å². The number of carbonyl (C=O) groups is 2. The number of pyridine rings is 1. The van der Waals surface area contributed by atoms with Gasteiger partial charge in [0.2, 0.25) is 0 Å². The van der Waals surface area contributed by atoms with E-state index in [9.17, 15) is 14.0 Å². The average Bonchev–Trinajstić information content (AvgIpc) is 3.27. The molecule has 35 heavy (non-hydrogen) atoms. The van der Waals surface area contributed by atoms with E-state index in [4.69, 9.17) is 15.2 Å². The second kappa shape index (κ2) is 11.3. The Kier molecular flexibility index (Phi) is 7.99. The number of anilines is 1. The first kappa shape index (κ1) is 24.7. The maximum absolute atomic E-state index is 13.9. The molecule has 2 unspecified atom stereocenters. The molecule has 1 aliphatic rings. The Morgan fingerprint density at radius 2 is 2.17 bits per heavy atom. The first-order chi connectivity index (χ1) is 16.9. The summed E-state index contributed by atoms with van der Waals surface area (Å²) < 4.78 is 24.8. The van der Waals surface area contributed by atoms with Crippen molar-refractivity contribution in [1.82, 2.24) is 4.98 Å². The third-order valence-corrected chi connectivity index (χ3v) is 6.76. The minimum absolute atomic E-state index is 0.0574. The van der Waals surface area contributed by atoms with Crippen LogP contribution in [0.1, 0.15) is 35.3 Å². The van der Waals surface area contributed by atoms with Crippen LogP contribution in [-0.4, -0.2) is 41.1 Å². The molecule has 0 radical (unpaired) electrons. The van der Waals surface area contributed by atoms with Crippen molar-refractivity contribution < 1.29 is 23.5 Å². The van der Waals surface area contributed by atoms with Gasteiger partial charge in [0.15, 0.2) is 5.82 Å². The molecule has 1 saturated heterocycles. The number of nitrogens with two attached hydrogens (primary N) is 1. The smallest absolute Gasteiger partial charge is 0.319 e. The maximum Gasteiger partial charge on any atom is 0.319 e. The molecule has 1 fully saturated rings. The number of benzene rings is 2. The van der Waals surface area contributed by atoms with Crippen molar-refractivity contribution in [3.63, 3.8) is 0 Å². The number of aromatic nitrogens is 1. The summed E-state index contributed by atoms with van der Waals surface area (Å²) in [5, 5.41) is 2.46. The summed E-state index contributed by atoms with van der Waals surface area (Å²) in [6.45, 7) is 2.80. The quantitative estimate of drug-likeness (QED) is 0.331. The van der Waals surface area contributed by atoms with Crippen LogP contribution in [0.5, 0.6) is 5.75 Å². The highest BCUT2D eigenvalue weighted by atomic mass is 32.2. The highest BCUT2D eigenvalue weighted by Crippen LogP contribution is 2.31. The van der Waals surface area contributed by atoms with Gasteiger partial charge in [-0.2, -0.15) is 0 Å². The summed E-state index contributed by atoms with van der Waals surface area (Å²) in [5.74, 6) is 0.122. The van der Waals surface area contributed by atoms with E-state index in [2.05, 4.69) is 10.3 Å². The second-order valence-electron chi connectivity index (χ2n) is 8.09. The lowest BCUT2D eigenvalue weighted by molar-refractivity contribution is -0.137. The Bertz CT molecular complexity index is 1220. The summed E-state index contributed by atoms with van der Waals surface area (Å²) >= 11 is 1.53. The summed E-state index contributed by atoms with van der Waals surface area (Å²) in [5.41, 5.74) is 9.12. The van der Waals surface area contributed by atoms with E-state index in [-0.39, 0.29) is 22.9 Å². The number of nitrogens with one attached hydrogen (secondary N) is 1. The highest BCUT2D eigenvalue weighted by molar-refractivity contribution is 8.00. The van der Waals surface area contributed by atoms with Crippen LogP contribution in [0, 0.1) is 5.82 Å². The molecule has 7 nitrogen and oxygen atoms in total. The molecular weight excluding hydrogens is 469 g/mol. The van der Waals surface area contributed by atoms with Gasteiger partial charge in [-0.05, 0) is 53.9 Å². The lowest BCUT2D eigenvalue weighted by atomic mass is 9.93. The molecule has 1 amide bonds. The molecule has 0 spiro atoms. The number of esters is 1. The molecule has 0 saturated carbocycles. The molecule has 2 aromatic carbocycles. The van der Waals surface area contributed by atoms with Crippen LogP contribution in [0.25, 0.3) is 11.1 Å².